The van der Waals surface area contributed by atoms with Gasteiger partial charge in [0.05, 0.1) is 11.4 Å². The van der Waals surface area contributed by atoms with Crippen LogP contribution in [0.5, 0.6) is 0 Å². The third-order valence-electron chi connectivity index (χ3n) is 4.19. The van der Waals surface area contributed by atoms with E-state index in [0.717, 1.165) is 5.56 Å². The van der Waals surface area contributed by atoms with Gasteiger partial charge in [-0.1, -0.05) is 25.1 Å². The summed E-state index contributed by atoms with van der Waals surface area (Å²) in [6.07, 6.45) is 0. The highest BCUT2D eigenvalue weighted by atomic mass is 32.2. The van der Waals surface area contributed by atoms with Crippen LogP contribution < -0.4 is 21.1 Å². The van der Waals surface area contributed by atoms with Gasteiger partial charge in [0.15, 0.2) is 0 Å². The van der Waals surface area contributed by atoms with Crippen LogP contribution in [0.15, 0.2) is 47.4 Å². The van der Waals surface area contributed by atoms with E-state index < -0.39 is 27.7 Å². The van der Waals surface area contributed by atoms with Gasteiger partial charge in [-0.05, 0) is 42.3 Å². The van der Waals surface area contributed by atoms with Gasteiger partial charge in [-0.3, -0.25) is 14.4 Å². The van der Waals surface area contributed by atoms with E-state index in [1.54, 1.807) is 44.2 Å². The lowest BCUT2D eigenvalue weighted by Gasteiger charge is -2.11. The Hall–Kier alpha value is -3.24. The molecule has 0 fully saturated rings. The summed E-state index contributed by atoms with van der Waals surface area (Å²) in [4.78, 5) is 35.2. The first kappa shape index (κ1) is 23.0. The van der Waals surface area contributed by atoms with E-state index in [9.17, 15) is 22.8 Å². The minimum Gasteiger partial charge on any atom is -0.368 e. The SMILES string of the molecule is CCNS(=O)(=O)c1ccc(C)c(C(=O)NCc2ccc(C(=O)NCC(N)=O)cc2)c1. The van der Waals surface area contributed by atoms with Gasteiger partial charge in [0.25, 0.3) is 11.8 Å². The van der Waals surface area contributed by atoms with Gasteiger partial charge in [-0.2, -0.15) is 0 Å². The van der Waals surface area contributed by atoms with Crippen molar-refractivity contribution in [1.29, 1.82) is 0 Å². The van der Waals surface area contributed by atoms with Crippen molar-refractivity contribution in [2.75, 3.05) is 13.1 Å². The van der Waals surface area contributed by atoms with Crippen molar-refractivity contribution in [3.8, 4) is 0 Å². The van der Waals surface area contributed by atoms with Crippen LogP contribution in [0.4, 0.5) is 0 Å². The molecule has 0 spiro atoms. The second-order valence-electron chi connectivity index (χ2n) is 6.51. The first-order valence-electron chi connectivity index (χ1n) is 9.18. The summed E-state index contributed by atoms with van der Waals surface area (Å²) in [7, 11) is -3.67. The molecule has 10 heteroatoms. The Kier molecular flexibility index (Phi) is 7.67. The van der Waals surface area contributed by atoms with Crippen molar-refractivity contribution in [3.63, 3.8) is 0 Å². The summed E-state index contributed by atoms with van der Waals surface area (Å²) >= 11 is 0. The molecule has 30 heavy (non-hydrogen) atoms. The van der Waals surface area contributed by atoms with Crippen molar-refractivity contribution in [1.82, 2.24) is 15.4 Å². The van der Waals surface area contributed by atoms with E-state index in [2.05, 4.69) is 15.4 Å². The summed E-state index contributed by atoms with van der Waals surface area (Å²) in [5, 5.41) is 5.12. The van der Waals surface area contributed by atoms with Crippen LogP contribution >= 0.6 is 0 Å². The molecule has 2 rings (SSSR count). The highest BCUT2D eigenvalue weighted by Crippen LogP contribution is 2.16. The molecule has 0 aliphatic heterocycles. The van der Waals surface area contributed by atoms with Gasteiger partial charge >= 0.3 is 0 Å². The molecule has 2 aromatic rings. The van der Waals surface area contributed by atoms with E-state index >= 15 is 0 Å². The largest absolute Gasteiger partial charge is 0.368 e. The minimum atomic E-state index is -3.67. The van der Waals surface area contributed by atoms with E-state index in [-0.39, 0.29) is 30.1 Å². The lowest BCUT2D eigenvalue weighted by Crippen LogP contribution is -2.33. The number of nitrogens with one attached hydrogen (secondary N) is 3. The average molecular weight is 433 g/mol. The monoisotopic (exact) mass is 432 g/mol. The third-order valence-corrected chi connectivity index (χ3v) is 5.73. The molecule has 0 heterocycles. The van der Waals surface area contributed by atoms with Crippen LogP contribution in [0.3, 0.4) is 0 Å². The second-order valence-corrected chi connectivity index (χ2v) is 8.27. The Labute approximate surface area is 175 Å². The first-order chi connectivity index (χ1) is 14.1. The predicted molar refractivity (Wildman–Crippen MR) is 111 cm³/mol. The molecule has 0 radical (unpaired) electrons. The Morgan fingerprint density at radius 2 is 1.63 bits per heavy atom. The number of nitrogens with two attached hydrogens (primary N) is 1. The van der Waals surface area contributed by atoms with Crippen LogP contribution in [0.1, 0.15) is 38.8 Å². The summed E-state index contributed by atoms with van der Waals surface area (Å²) < 4.78 is 26.7. The Balaban J connectivity index is 2.05. The summed E-state index contributed by atoms with van der Waals surface area (Å²) in [5.74, 6) is -1.48. The molecular formula is C20H24N4O5S. The summed E-state index contributed by atoms with van der Waals surface area (Å²) in [6.45, 7) is 3.57. The highest BCUT2D eigenvalue weighted by Gasteiger charge is 2.17. The molecule has 0 aliphatic rings. The maximum Gasteiger partial charge on any atom is 0.251 e. The quantitative estimate of drug-likeness (QED) is 0.454. The fraction of sp³-hybridized carbons (Fsp3) is 0.250. The van der Waals surface area contributed by atoms with Crippen molar-refractivity contribution in [2.45, 2.75) is 25.3 Å². The molecule has 0 atom stereocenters. The molecule has 2 aromatic carbocycles. The molecule has 160 valence electrons. The number of aryl methyl sites for hydroxylation is 1. The third kappa shape index (κ3) is 6.13. The van der Waals surface area contributed by atoms with Crippen LogP contribution in [-0.4, -0.2) is 39.2 Å². The van der Waals surface area contributed by atoms with E-state index in [4.69, 9.17) is 5.73 Å². The van der Waals surface area contributed by atoms with E-state index in [1.807, 2.05) is 0 Å². The zero-order valence-electron chi connectivity index (χ0n) is 16.7. The number of rotatable bonds is 9. The lowest BCUT2D eigenvalue weighted by atomic mass is 10.1. The topological polar surface area (TPSA) is 147 Å². The molecule has 0 bridgehead atoms. The normalized spacial score (nSPS) is 11.0. The zero-order valence-corrected chi connectivity index (χ0v) is 17.5. The van der Waals surface area contributed by atoms with E-state index in [0.29, 0.717) is 11.1 Å². The fourth-order valence-electron chi connectivity index (χ4n) is 2.61. The van der Waals surface area contributed by atoms with Crippen LogP contribution in [0.2, 0.25) is 0 Å². The van der Waals surface area contributed by atoms with Gasteiger partial charge < -0.3 is 16.4 Å². The number of hydrogen-bond donors (Lipinski definition) is 4. The molecule has 0 saturated carbocycles. The molecule has 9 nitrogen and oxygen atoms in total. The number of sulfonamides is 1. The highest BCUT2D eigenvalue weighted by molar-refractivity contribution is 7.89. The number of amides is 3. The second kappa shape index (κ2) is 9.99. The van der Waals surface area contributed by atoms with Gasteiger partial charge in [0.1, 0.15) is 0 Å². The number of hydrogen-bond acceptors (Lipinski definition) is 5. The molecule has 0 aliphatic carbocycles. The smallest absolute Gasteiger partial charge is 0.251 e. The first-order valence-corrected chi connectivity index (χ1v) is 10.7. The number of primary amides is 1. The van der Waals surface area contributed by atoms with Gasteiger partial charge in [-0.25, -0.2) is 13.1 Å². The number of benzene rings is 2. The van der Waals surface area contributed by atoms with Gasteiger partial charge in [0.2, 0.25) is 15.9 Å². The van der Waals surface area contributed by atoms with Gasteiger partial charge in [-0.15, -0.1) is 0 Å². The predicted octanol–water partition coefficient (Wildman–Crippen LogP) is 0.438. The molecule has 5 N–H and O–H groups in total. The number of carbonyl (C=O) groups excluding carboxylic acids is 3. The van der Waals surface area contributed by atoms with Crippen molar-refractivity contribution >= 4 is 27.7 Å². The Morgan fingerprint density at radius 3 is 2.23 bits per heavy atom. The molecule has 0 saturated heterocycles. The zero-order chi connectivity index (χ0) is 22.3. The molecule has 0 unspecified atom stereocenters. The molecule has 3 amide bonds. The Morgan fingerprint density at radius 1 is 0.967 bits per heavy atom. The maximum absolute atomic E-state index is 12.6. The molecular weight excluding hydrogens is 408 g/mol. The van der Waals surface area contributed by atoms with Crippen molar-refractivity contribution < 1.29 is 22.8 Å². The van der Waals surface area contributed by atoms with Crippen LogP contribution in [0, 0.1) is 6.92 Å². The minimum absolute atomic E-state index is 0.0198. The number of carbonyl (C=O) groups is 3. The summed E-state index contributed by atoms with van der Waals surface area (Å²) in [5.41, 5.74) is 6.98. The Bertz CT molecular complexity index is 1050. The average Bonchev–Trinajstić information content (AvgIpc) is 2.70. The van der Waals surface area contributed by atoms with Crippen LogP contribution in [-0.2, 0) is 21.4 Å². The van der Waals surface area contributed by atoms with Crippen molar-refractivity contribution in [2.24, 2.45) is 5.73 Å². The maximum atomic E-state index is 12.6. The van der Waals surface area contributed by atoms with E-state index in [1.165, 1.54) is 12.1 Å². The molecule has 0 aromatic heterocycles. The summed E-state index contributed by atoms with van der Waals surface area (Å²) in [6, 6.07) is 10.8. The van der Waals surface area contributed by atoms with Crippen molar-refractivity contribution in [3.05, 3.63) is 64.7 Å². The van der Waals surface area contributed by atoms with Gasteiger partial charge in [0, 0.05) is 24.2 Å². The lowest BCUT2D eigenvalue weighted by molar-refractivity contribution is -0.117. The standard InChI is InChI=1S/C20H24N4O5S/c1-3-24-30(28,29)16-9-4-13(2)17(10-16)20(27)22-11-14-5-7-15(8-6-14)19(26)23-12-18(21)25/h4-10,24H,3,11-12H2,1-2H3,(H2,21,25)(H,22,27)(H,23,26). The fourth-order valence-corrected chi connectivity index (χ4v) is 3.67. The van der Waals surface area contributed by atoms with Crippen LogP contribution in [0.25, 0.3) is 0 Å².